The largest absolute Gasteiger partial charge is 0.312 e. The Morgan fingerprint density at radius 1 is 1.47 bits per heavy atom. The second-order valence-corrected chi connectivity index (χ2v) is 6.86. The number of halogens is 1. The van der Waals surface area contributed by atoms with E-state index in [1.54, 1.807) is 6.26 Å². The van der Waals surface area contributed by atoms with Crippen LogP contribution in [0.1, 0.15) is 24.9 Å². The van der Waals surface area contributed by atoms with Gasteiger partial charge in [0.15, 0.2) is 5.65 Å². The van der Waals surface area contributed by atoms with E-state index in [4.69, 9.17) is 11.6 Å². The lowest BCUT2D eigenvalue weighted by atomic mass is 10.3. The van der Waals surface area contributed by atoms with E-state index in [-0.39, 0.29) is 5.25 Å². The molecule has 0 spiro atoms. The first kappa shape index (κ1) is 14.5. The number of nitrogens with zero attached hydrogens (tertiary/aromatic N) is 4. The van der Waals surface area contributed by atoms with Gasteiger partial charge < -0.3 is 4.57 Å². The maximum absolute atomic E-state index is 11.4. The number of hydrogen-bond donors (Lipinski definition) is 0. The van der Waals surface area contributed by atoms with Crippen LogP contribution in [0.25, 0.3) is 11.2 Å². The number of alkyl halides is 1. The summed E-state index contributed by atoms with van der Waals surface area (Å²) < 4.78 is 15.4. The van der Waals surface area contributed by atoms with Crippen molar-refractivity contribution in [3.8, 4) is 0 Å². The van der Waals surface area contributed by atoms with Gasteiger partial charge in [-0.2, -0.15) is 5.10 Å². The fraction of sp³-hybridized carbons (Fsp3) is 0.667. The first-order valence-corrected chi connectivity index (χ1v) is 8.38. The van der Waals surface area contributed by atoms with Gasteiger partial charge in [-0.3, -0.25) is 8.89 Å². The van der Waals surface area contributed by atoms with Gasteiger partial charge in [0.2, 0.25) is 0 Å². The molecule has 0 aliphatic carbocycles. The second kappa shape index (κ2) is 5.63. The lowest BCUT2D eigenvalue weighted by Crippen LogP contribution is -2.15. The third-order valence-corrected chi connectivity index (χ3v) is 5.02. The highest BCUT2D eigenvalue weighted by Gasteiger charge is 2.17. The number of aromatic nitrogens is 4. The van der Waals surface area contributed by atoms with Crippen molar-refractivity contribution >= 4 is 33.6 Å². The molecule has 0 fully saturated rings. The van der Waals surface area contributed by atoms with Crippen molar-refractivity contribution < 1.29 is 4.21 Å². The van der Waals surface area contributed by atoms with Crippen molar-refractivity contribution in [2.24, 2.45) is 7.05 Å². The number of hydrogen-bond acceptors (Lipinski definition) is 3. The minimum absolute atomic E-state index is 0.162. The van der Waals surface area contributed by atoms with Gasteiger partial charge >= 0.3 is 0 Å². The zero-order valence-corrected chi connectivity index (χ0v) is 13.3. The predicted molar refractivity (Wildman–Crippen MR) is 78.9 cm³/mol. The monoisotopic (exact) mass is 302 g/mol. The van der Waals surface area contributed by atoms with E-state index in [1.807, 2.05) is 25.6 Å². The quantitative estimate of drug-likeness (QED) is 0.794. The summed E-state index contributed by atoms with van der Waals surface area (Å²) in [6.07, 6.45) is 2.58. The van der Waals surface area contributed by atoms with E-state index in [1.165, 1.54) is 0 Å². The molecule has 7 heteroatoms. The van der Waals surface area contributed by atoms with E-state index in [0.717, 1.165) is 35.6 Å². The van der Waals surface area contributed by atoms with Gasteiger partial charge in [-0.15, -0.1) is 11.6 Å². The first-order chi connectivity index (χ1) is 8.95. The van der Waals surface area contributed by atoms with E-state index < -0.39 is 10.8 Å². The average Bonchev–Trinajstić information content (AvgIpc) is 2.85. The minimum atomic E-state index is -0.803. The van der Waals surface area contributed by atoms with Crippen LogP contribution in [-0.2, 0) is 30.3 Å². The van der Waals surface area contributed by atoms with Crippen LogP contribution in [-0.4, -0.2) is 35.0 Å². The number of imidazole rings is 1. The lowest BCUT2D eigenvalue weighted by molar-refractivity contribution is 0.601. The molecule has 0 aliphatic heterocycles. The summed E-state index contributed by atoms with van der Waals surface area (Å²) in [6.45, 7) is 4.71. The normalized spacial score (nSPS) is 15.0. The van der Waals surface area contributed by atoms with Gasteiger partial charge in [0.25, 0.3) is 0 Å². The predicted octanol–water partition coefficient (Wildman–Crippen LogP) is 1.97. The van der Waals surface area contributed by atoms with Gasteiger partial charge in [0.1, 0.15) is 11.3 Å². The van der Waals surface area contributed by atoms with Crippen molar-refractivity contribution in [1.82, 2.24) is 19.3 Å². The van der Waals surface area contributed by atoms with Crippen LogP contribution in [0, 0.1) is 6.92 Å². The van der Waals surface area contributed by atoms with Gasteiger partial charge in [-0.1, -0.05) is 6.92 Å². The van der Waals surface area contributed by atoms with Gasteiger partial charge in [0.05, 0.1) is 11.6 Å². The summed E-state index contributed by atoms with van der Waals surface area (Å²) in [5, 5.41) is 4.54. The molecule has 0 amide bonds. The summed E-state index contributed by atoms with van der Waals surface area (Å²) in [6, 6.07) is 0. The summed E-state index contributed by atoms with van der Waals surface area (Å²) in [7, 11) is 1.11. The Kier molecular flexibility index (Phi) is 4.30. The van der Waals surface area contributed by atoms with Crippen molar-refractivity contribution in [1.29, 1.82) is 0 Å². The Labute approximate surface area is 120 Å². The first-order valence-electron chi connectivity index (χ1n) is 6.22. The molecule has 2 unspecified atom stereocenters. The highest BCUT2D eigenvalue weighted by atomic mass is 35.5. The molecule has 0 bridgehead atoms. The van der Waals surface area contributed by atoms with E-state index in [2.05, 4.69) is 14.6 Å². The molecule has 0 saturated carbocycles. The Morgan fingerprint density at radius 2 is 2.16 bits per heavy atom. The van der Waals surface area contributed by atoms with Crippen LogP contribution >= 0.6 is 11.6 Å². The van der Waals surface area contributed by atoms with Crippen LogP contribution in [0.3, 0.4) is 0 Å². The maximum atomic E-state index is 11.4. The SMILES string of the molecule is Cc1nn(C)c2c1nc(CCl)n2CCC(C)S(C)=O. The average molecular weight is 303 g/mol. The molecular weight excluding hydrogens is 284 g/mol. The summed E-state index contributed by atoms with van der Waals surface area (Å²) >= 11 is 5.97. The standard InChI is InChI=1S/C12H19ClN4OS/c1-8(19(4)18)5-6-17-10(7-13)14-11-9(2)15-16(3)12(11)17/h8H,5-7H2,1-4H3. The van der Waals surface area contributed by atoms with Crippen molar-refractivity contribution in [2.45, 2.75) is 37.9 Å². The molecule has 5 nitrogen and oxygen atoms in total. The molecular formula is C12H19ClN4OS. The molecule has 2 heterocycles. The zero-order chi connectivity index (χ0) is 14.2. The highest BCUT2D eigenvalue weighted by Crippen LogP contribution is 2.21. The molecule has 0 aromatic carbocycles. The minimum Gasteiger partial charge on any atom is -0.312 e. The van der Waals surface area contributed by atoms with Crippen LogP contribution < -0.4 is 0 Å². The summed E-state index contributed by atoms with van der Waals surface area (Å²) in [4.78, 5) is 4.55. The van der Waals surface area contributed by atoms with Crippen LogP contribution in [0.15, 0.2) is 0 Å². The van der Waals surface area contributed by atoms with Crippen LogP contribution in [0.2, 0.25) is 0 Å². The van der Waals surface area contributed by atoms with E-state index >= 15 is 0 Å². The molecule has 0 saturated heterocycles. The van der Waals surface area contributed by atoms with Crippen molar-refractivity contribution in [3.63, 3.8) is 0 Å². The number of aryl methyl sites for hydroxylation is 3. The van der Waals surface area contributed by atoms with Crippen LogP contribution in [0.4, 0.5) is 0 Å². The second-order valence-electron chi connectivity index (χ2n) is 4.79. The Balaban J connectivity index is 2.37. The third-order valence-electron chi connectivity index (χ3n) is 3.41. The molecule has 2 aromatic rings. The smallest absolute Gasteiger partial charge is 0.158 e. The Bertz CT molecular complexity index is 619. The third kappa shape index (κ3) is 2.69. The summed E-state index contributed by atoms with van der Waals surface area (Å²) in [5.74, 6) is 1.22. The topological polar surface area (TPSA) is 52.7 Å². The number of fused-ring (bicyclic) bond motifs is 1. The van der Waals surface area contributed by atoms with E-state index in [9.17, 15) is 4.21 Å². The van der Waals surface area contributed by atoms with Crippen LogP contribution in [0.5, 0.6) is 0 Å². The number of rotatable bonds is 5. The Morgan fingerprint density at radius 3 is 2.74 bits per heavy atom. The molecule has 2 atom stereocenters. The fourth-order valence-electron chi connectivity index (χ4n) is 2.19. The molecule has 2 rings (SSSR count). The van der Waals surface area contributed by atoms with Gasteiger partial charge in [0, 0.05) is 35.9 Å². The lowest BCUT2D eigenvalue weighted by Gasteiger charge is -2.11. The zero-order valence-electron chi connectivity index (χ0n) is 11.7. The van der Waals surface area contributed by atoms with Crippen molar-refractivity contribution in [3.05, 3.63) is 11.5 Å². The van der Waals surface area contributed by atoms with E-state index in [0.29, 0.717) is 5.88 Å². The molecule has 19 heavy (non-hydrogen) atoms. The van der Waals surface area contributed by atoms with Gasteiger partial charge in [-0.05, 0) is 13.3 Å². The highest BCUT2D eigenvalue weighted by molar-refractivity contribution is 7.84. The van der Waals surface area contributed by atoms with Gasteiger partial charge in [-0.25, -0.2) is 4.98 Å². The molecule has 106 valence electrons. The van der Waals surface area contributed by atoms with Crippen molar-refractivity contribution in [2.75, 3.05) is 6.26 Å². The summed E-state index contributed by atoms with van der Waals surface area (Å²) in [5.41, 5.74) is 2.81. The molecule has 2 aromatic heterocycles. The molecule has 0 N–H and O–H groups in total. The Hall–Kier alpha value is -0.880. The fourth-order valence-corrected chi connectivity index (χ4v) is 2.84. The maximum Gasteiger partial charge on any atom is 0.158 e. The molecule has 0 radical (unpaired) electrons. The molecule has 0 aliphatic rings.